The summed E-state index contributed by atoms with van der Waals surface area (Å²) in [5.74, 6) is -1.10. The van der Waals surface area contributed by atoms with E-state index in [1.807, 2.05) is 6.07 Å². The first-order valence-electron chi connectivity index (χ1n) is 11.4. The predicted molar refractivity (Wildman–Crippen MR) is 126 cm³/mol. The molecular weight excluding hydrogens is 426 g/mol. The summed E-state index contributed by atoms with van der Waals surface area (Å²) < 4.78 is 29.1. The molecular formula is C24H31N3O4S. The Kier molecular flexibility index (Phi) is 7.01. The Morgan fingerprint density at radius 1 is 0.969 bits per heavy atom. The number of hydrogen-bond donors (Lipinski definition) is 3. The number of carboxylic acids is 1. The molecule has 0 saturated carbocycles. The van der Waals surface area contributed by atoms with E-state index in [4.69, 9.17) is 0 Å². The van der Waals surface area contributed by atoms with Crippen molar-refractivity contribution in [1.82, 2.24) is 4.90 Å². The fraction of sp³-hybridized carbons (Fsp3) is 0.458. The van der Waals surface area contributed by atoms with Gasteiger partial charge in [-0.15, -0.1) is 0 Å². The molecule has 32 heavy (non-hydrogen) atoms. The minimum Gasteiger partial charge on any atom is -0.478 e. The highest BCUT2D eigenvalue weighted by molar-refractivity contribution is 7.92. The number of anilines is 2. The lowest BCUT2D eigenvalue weighted by atomic mass is 9.87. The molecule has 7 nitrogen and oxygen atoms in total. The lowest BCUT2D eigenvalue weighted by molar-refractivity contribution is 0.0696. The minimum atomic E-state index is -3.97. The number of sulfonamides is 1. The Morgan fingerprint density at radius 3 is 2.50 bits per heavy atom. The van der Waals surface area contributed by atoms with Crippen LogP contribution in [0.1, 0.15) is 53.6 Å². The summed E-state index contributed by atoms with van der Waals surface area (Å²) in [6.45, 7) is 3.95. The third-order valence-corrected chi connectivity index (χ3v) is 7.76. The van der Waals surface area contributed by atoms with Crippen LogP contribution in [0.5, 0.6) is 0 Å². The summed E-state index contributed by atoms with van der Waals surface area (Å²) in [4.78, 5) is 14.6. The predicted octanol–water partition coefficient (Wildman–Crippen LogP) is 3.96. The van der Waals surface area contributed by atoms with Crippen LogP contribution >= 0.6 is 0 Å². The number of hydrogen-bond acceptors (Lipinski definition) is 5. The molecule has 0 spiro atoms. The van der Waals surface area contributed by atoms with E-state index >= 15 is 0 Å². The highest BCUT2D eigenvalue weighted by Gasteiger charge is 2.25. The van der Waals surface area contributed by atoms with Crippen LogP contribution in [-0.2, 0) is 22.9 Å². The van der Waals surface area contributed by atoms with E-state index in [0.29, 0.717) is 18.7 Å². The van der Waals surface area contributed by atoms with Gasteiger partial charge in [-0.25, -0.2) is 13.2 Å². The molecule has 2 aromatic rings. The van der Waals surface area contributed by atoms with Gasteiger partial charge in [-0.2, -0.15) is 0 Å². The van der Waals surface area contributed by atoms with Crippen molar-refractivity contribution in [2.75, 3.05) is 36.2 Å². The Hall–Kier alpha value is -2.58. The van der Waals surface area contributed by atoms with E-state index in [-0.39, 0.29) is 16.1 Å². The van der Waals surface area contributed by atoms with Crippen molar-refractivity contribution in [2.45, 2.75) is 49.8 Å². The maximum atomic E-state index is 13.3. The standard InChI is InChI=1S/C24H31N3O4S/c28-24(29)23-19-9-2-1-8-18(19)12-13-21(23)26-32(30,31)22-11-4-3-10-20(22)25-14-7-17-27-15-5-6-16-27/h3-4,10-13,25-26H,1-2,5-9,14-17H2,(H,28,29). The molecule has 1 aliphatic carbocycles. The zero-order chi connectivity index (χ0) is 22.6. The number of benzene rings is 2. The van der Waals surface area contributed by atoms with Gasteiger partial charge in [0.2, 0.25) is 0 Å². The second kappa shape index (κ2) is 9.92. The van der Waals surface area contributed by atoms with Gasteiger partial charge in [-0.05, 0) is 93.9 Å². The Labute approximate surface area is 189 Å². The molecule has 1 fully saturated rings. The van der Waals surface area contributed by atoms with E-state index in [9.17, 15) is 18.3 Å². The first-order valence-corrected chi connectivity index (χ1v) is 12.9. The topological polar surface area (TPSA) is 98.7 Å². The molecule has 172 valence electrons. The number of aryl methyl sites for hydroxylation is 1. The van der Waals surface area contributed by atoms with Crippen LogP contribution in [0.3, 0.4) is 0 Å². The van der Waals surface area contributed by atoms with Gasteiger partial charge in [0.1, 0.15) is 4.90 Å². The molecule has 4 rings (SSSR count). The van der Waals surface area contributed by atoms with Crippen molar-refractivity contribution in [3.8, 4) is 0 Å². The first-order chi connectivity index (χ1) is 15.5. The second-order valence-corrected chi connectivity index (χ2v) is 10.2. The summed E-state index contributed by atoms with van der Waals surface area (Å²) in [5.41, 5.74) is 2.47. The maximum Gasteiger partial charge on any atom is 0.338 e. The molecule has 1 saturated heterocycles. The normalized spacial score (nSPS) is 16.5. The average Bonchev–Trinajstić information content (AvgIpc) is 3.30. The Morgan fingerprint density at radius 2 is 1.72 bits per heavy atom. The van der Waals surface area contributed by atoms with Crippen LogP contribution in [0.15, 0.2) is 41.3 Å². The summed E-state index contributed by atoms with van der Waals surface area (Å²) in [7, 11) is -3.97. The Bertz CT molecular complexity index is 1080. The number of nitrogens with zero attached hydrogens (tertiary/aromatic N) is 1. The SMILES string of the molecule is O=C(O)c1c(NS(=O)(=O)c2ccccc2NCCCN2CCCC2)ccc2c1CCCC2. The molecule has 8 heteroatoms. The van der Waals surface area contributed by atoms with E-state index in [1.54, 1.807) is 30.3 Å². The monoisotopic (exact) mass is 457 g/mol. The quantitative estimate of drug-likeness (QED) is 0.493. The molecule has 3 N–H and O–H groups in total. The molecule has 0 unspecified atom stereocenters. The summed E-state index contributed by atoms with van der Waals surface area (Å²) in [6, 6.07) is 10.2. The van der Waals surface area contributed by atoms with Crippen LogP contribution in [-0.4, -0.2) is 50.6 Å². The van der Waals surface area contributed by atoms with Crippen molar-refractivity contribution in [1.29, 1.82) is 0 Å². The third-order valence-electron chi connectivity index (χ3n) is 6.33. The first kappa shape index (κ1) is 22.6. The fourth-order valence-electron chi connectivity index (χ4n) is 4.74. The van der Waals surface area contributed by atoms with Crippen LogP contribution in [0, 0.1) is 0 Å². The minimum absolute atomic E-state index is 0.0711. The smallest absolute Gasteiger partial charge is 0.338 e. The molecule has 2 aliphatic rings. The van der Waals surface area contributed by atoms with Crippen molar-refractivity contribution in [3.63, 3.8) is 0 Å². The van der Waals surface area contributed by atoms with Crippen molar-refractivity contribution in [3.05, 3.63) is 53.1 Å². The molecule has 0 aromatic heterocycles. The van der Waals surface area contributed by atoms with E-state index in [0.717, 1.165) is 56.4 Å². The van der Waals surface area contributed by atoms with Gasteiger partial charge in [-0.1, -0.05) is 18.2 Å². The number of nitrogens with one attached hydrogen (secondary N) is 2. The molecule has 0 atom stereocenters. The summed E-state index contributed by atoms with van der Waals surface area (Å²) in [6.07, 6.45) is 6.84. The molecule has 1 aliphatic heterocycles. The number of carboxylic acid groups (broad SMARTS) is 1. The number of likely N-dealkylation sites (tertiary alicyclic amines) is 1. The van der Waals surface area contributed by atoms with E-state index in [2.05, 4.69) is 14.9 Å². The van der Waals surface area contributed by atoms with Crippen LogP contribution < -0.4 is 10.0 Å². The molecule has 1 heterocycles. The Balaban J connectivity index is 1.52. The summed E-state index contributed by atoms with van der Waals surface area (Å²) in [5, 5.41) is 13.1. The van der Waals surface area contributed by atoms with Gasteiger partial charge >= 0.3 is 5.97 Å². The number of fused-ring (bicyclic) bond motifs is 1. The maximum absolute atomic E-state index is 13.3. The largest absolute Gasteiger partial charge is 0.478 e. The molecule has 0 radical (unpaired) electrons. The van der Waals surface area contributed by atoms with Gasteiger partial charge in [-0.3, -0.25) is 4.72 Å². The zero-order valence-corrected chi connectivity index (χ0v) is 19.1. The highest BCUT2D eigenvalue weighted by Crippen LogP contribution is 2.32. The number of aromatic carboxylic acids is 1. The van der Waals surface area contributed by atoms with Gasteiger partial charge in [0.05, 0.1) is 16.9 Å². The number of para-hydroxylation sites is 1. The van der Waals surface area contributed by atoms with Crippen molar-refractivity contribution in [2.24, 2.45) is 0 Å². The number of rotatable bonds is 9. The van der Waals surface area contributed by atoms with E-state index in [1.165, 1.54) is 12.8 Å². The average molecular weight is 458 g/mol. The zero-order valence-electron chi connectivity index (χ0n) is 18.3. The van der Waals surface area contributed by atoms with Crippen LogP contribution in [0.4, 0.5) is 11.4 Å². The second-order valence-electron chi connectivity index (χ2n) is 8.57. The van der Waals surface area contributed by atoms with Gasteiger partial charge in [0.15, 0.2) is 0 Å². The van der Waals surface area contributed by atoms with Crippen molar-refractivity contribution >= 4 is 27.4 Å². The number of carbonyl (C=O) groups is 1. The van der Waals surface area contributed by atoms with Gasteiger partial charge in [0.25, 0.3) is 10.0 Å². The van der Waals surface area contributed by atoms with Crippen LogP contribution in [0.25, 0.3) is 0 Å². The molecule has 0 bridgehead atoms. The van der Waals surface area contributed by atoms with Gasteiger partial charge < -0.3 is 15.3 Å². The molecule has 2 aromatic carbocycles. The van der Waals surface area contributed by atoms with Gasteiger partial charge in [0, 0.05) is 6.54 Å². The lowest BCUT2D eigenvalue weighted by Crippen LogP contribution is -2.23. The van der Waals surface area contributed by atoms with E-state index < -0.39 is 16.0 Å². The van der Waals surface area contributed by atoms with Crippen molar-refractivity contribution < 1.29 is 18.3 Å². The fourth-order valence-corrected chi connectivity index (χ4v) is 5.99. The third kappa shape index (κ3) is 5.07. The lowest BCUT2D eigenvalue weighted by Gasteiger charge is -2.21. The van der Waals surface area contributed by atoms with Crippen LogP contribution in [0.2, 0.25) is 0 Å². The highest BCUT2D eigenvalue weighted by atomic mass is 32.2. The molecule has 0 amide bonds. The summed E-state index contributed by atoms with van der Waals surface area (Å²) >= 11 is 0.